The minimum atomic E-state index is 0.560. The fourth-order valence-corrected chi connectivity index (χ4v) is 3.55. The van der Waals surface area contributed by atoms with Gasteiger partial charge in [0.2, 0.25) is 0 Å². The lowest BCUT2D eigenvalue weighted by atomic mass is 10.1. The van der Waals surface area contributed by atoms with Crippen molar-refractivity contribution in [2.75, 3.05) is 13.2 Å². The second-order valence-electron chi connectivity index (χ2n) is 4.77. The van der Waals surface area contributed by atoms with Crippen molar-refractivity contribution in [3.8, 4) is 0 Å². The van der Waals surface area contributed by atoms with Gasteiger partial charge in [-0.15, -0.1) is 11.8 Å². The zero-order chi connectivity index (χ0) is 13.1. The molecule has 1 aliphatic rings. The van der Waals surface area contributed by atoms with Gasteiger partial charge in [0, 0.05) is 30.4 Å². The Bertz CT molecular complexity index is 567. The monoisotopic (exact) mass is 274 g/mol. The average Bonchev–Trinajstić information content (AvgIpc) is 2.47. The number of benzene rings is 1. The average molecular weight is 274 g/mol. The number of thioether (sulfide) groups is 1. The molecule has 0 amide bonds. The maximum atomic E-state index is 5.86. The van der Waals surface area contributed by atoms with E-state index < -0.39 is 0 Å². The molecule has 1 aromatic heterocycles. The van der Waals surface area contributed by atoms with E-state index in [2.05, 4.69) is 18.2 Å². The summed E-state index contributed by atoms with van der Waals surface area (Å²) in [5.74, 6) is 0. The van der Waals surface area contributed by atoms with E-state index >= 15 is 0 Å². The van der Waals surface area contributed by atoms with Crippen LogP contribution in [0.25, 0.3) is 10.9 Å². The molecule has 2 heterocycles. The Hall–Kier alpha value is -1.10. The van der Waals surface area contributed by atoms with Crippen LogP contribution in [0.15, 0.2) is 35.4 Å². The van der Waals surface area contributed by atoms with E-state index in [1.165, 1.54) is 10.9 Å². The topological polar surface area (TPSA) is 48.1 Å². The third-order valence-electron chi connectivity index (χ3n) is 3.45. The normalized spacial score (nSPS) is 16.9. The van der Waals surface area contributed by atoms with Gasteiger partial charge in [0.05, 0.1) is 10.5 Å². The van der Waals surface area contributed by atoms with Crippen molar-refractivity contribution < 1.29 is 4.74 Å². The summed E-state index contributed by atoms with van der Waals surface area (Å²) in [5, 5.41) is 2.88. The number of ether oxygens (including phenoxy) is 1. The number of pyridine rings is 1. The number of hydrogen-bond donors (Lipinski definition) is 1. The van der Waals surface area contributed by atoms with Gasteiger partial charge in [-0.3, -0.25) is 0 Å². The van der Waals surface area contributed by atoms with Crippen molar-refractivity contribution in [1.29, 1.82) is 0 Å². The Morgan fingerprint density at radius 1 is 1.26 bits per heavy atom. The summed E-state index contributed by atoms with van der Waals surface area (Å²) in [7, 11) is 0. The summed E-state index contributed by atoms with van der Waals surface area (Å²) in [6.07, 6.45) is 2.22. The predicted molar refractivity (Wildman–Crippen MR) is 79.3 cm³/mol. The molecule has 0 atom stereocenters. The lowest BCUT2D eigenvalue weighted by Crippen LogP contribution is -2.17. The van der Waals surface area contributed by atoms with Gasteiger partial charge >= 0.3 is 0 Å². The maximum Gasteiger partial charge on any atom is 0.0973 e. The van der Waals surface area contributed by atoms with Gasteiger partial charge in [-0.25, -0.2) is 4.98 Å². The van der Waals surface area contributed by atoms with Gasteiger partial charge in [0.25, 0.3) is 0 Å². The van der Waals surface area contributed by atoms with Crippen molar-refractivity contribution in [2.45, 2.75) is 29.7 Å². The Morgan fingerprint density at radius 2 is 2.05 bits per heavy atom. The van der Waals surface area contributed by atoms with Gasteiger partial charge in [-0.05, 0) is 30.5 Å². The minimum Gasteiger partial charge on any atom is -0.381 e. The summed E-state index contributed by atoms with van der Waals surface area (Å²) in [4.78, 5) is 4.74. The Balaban J connectivity index is 1.90. The SMILES string of the molecule is NCc1cc(SC2CCOCC2)nc2ccccc12. The number of aromatic nitrogens is 1. The van der Waals surface area contributed by atoms with Crippen molar-refractivity contribution in [2.24, 2.45) is 5.73 Å². The molecular formula is C15H18N2OS. The zero-order valence-electron chi connectivity index (χ0n) is 10.8. The second-order valence-corrected chi connectivity index (χ2v) is 6.09. The van der Waals surface area contributed by atoms with E-state index in [4.69, 9.17) is 15.5 Å². The number of fused-ring (bicyclic) bond motifs is 1. The molecule has 2 aromatic rings. The van der Waals surface area contributed by atoms with E-state index in [1.54, 1.807) is 0 Å². The van der Waals surface area contributed by atoms with E-state index in [1.807, 2.05) is 23.9 Å². The van der Waals surface area contributed by atoms with Crippen LogP contribution in [0.1, 0.15) is 18.4 Å². The highest BCUT2D eigenvalue weighted by molar-refractivity contribution is 7.99. The fourth-order valence-electron chi connectivity index (χ4n) is 2.41. The first-order chi connectivity index (χ1) is 9.36. The molecule has 0 aliphatic carbocycles. The van der Waals surface area contributed by atoms with E-state index in [-0.39, 0.29) is 0 Å². The summed E-state index contributed by atoms with van der Waals surface area (Å²) in [6, 6.07) is 10.4. The minimum absolute atomic E-state index is 0.560. The summed E-state index contributed by atoms with van der Waals surface area (Å²) in [6.45, 7) is 2.30. The molecule has 2 N–H and O–H groups in total. The number of hydrogen-bond acceptors (Lipinski definition) is 4. The fraction of sp³-hybridized carbons (Fsp3) is 0.400. The number of nitrogens with zero attached hydrogens (tertiary/aromatic N) is 1. The first-order valence-electron chi connectivity index (χ1n) is 6.70. The molecule has 4 heteroatoms. The van der Waals surface area contributed by atoms with Crippen LogP contribution in [0.4, 0.5) is 0 Å². The number of nitrogens with two attached hydrogens (primary N) is 1. The lowest BCUT2D eigenvalue weighted by molar-refractivity contribution is 0.1000. The Kier molecular flexibility index (Phi) is 4.01. The standard InChI is InChI=1S/C15H18N2OS/c16-10-11-9-15(19-12-5-7-18-8-6-12)17-14-4-2-1-3-13(11)14/h1-4,9,12H,5-8,10,16H2. The van der Waals surface area contributed by atoms with Crippen molar-refractivity contribution >= 4 is 22.7 Å². The first-order valence-corrected chi connectivity index (χ1v) is 7.58. The van der Waals surface area contributed by atoms with Crippen LogP contribution in [0.2, 0.25) is 0 Å². The molecule has 0 saturated carbocycles. The first kappa shape index (κ1) is 12.9. The highest BCUT2D eigenvalue weighted by Gasteiger charge is 2.16. The summed E-state index contributed by atoms with van der Waals surface area (Å²) >= 11 is 1.86. The van der Waals surface area contributed by atoms with Crippen LogP contribution in [-0.2, 0) is 11.3 Å². The van der Waals surface area contributed by atoms with E-state index in [0.29, 0.717) is 11.8 Å². The molecule has 3 nitrogen and oxygen atoms in total. The van der Waals surface area contributed by atoms with Crippen LogP contribution in [0.3, 0.4) is 0 Å². The van der Waals surface area contributed by atoms with Gasteiger partial charge in [0.1, 0.15) is 0 Å². The van der Waals surface area contributed by atoms with Gasteiger partial charge < -0.3 is 10.5 Å². The van der Waals surface area contributed by atoms with E-state index in [9.17, 15) is 0 Å². The van der Waals surface area contributed by atoms with Crippen LogP contribution in [0, 0.1) is 0 Å². The van der Waals surface area contributed by atoms with E-state index in [0.717, 1.165) is 36.6 Å². The number of para-hydroxylation sites is 1. The molecule has 0 radical (unpaired) electrons. The molecule has 3 rings (SSSR count). The summed E-state index contributed by atoms with van der Waals surface area (Å²) < 4.78 is 5.40. The predicted octanol–water partition coefficient (Wildman–Crippen LogP) is 2.96. The van der Waals surface area contributed by atoms with Crippen molar-refractivity contribution in [3.63, 3.8) is 0 Å². The van der Waals surface area contributed by atoms with Crippen molar-refractivity contribution in [3.05, 3.63) is 35.9 Å². The quantitative estimate of drug-likeness (QED) is 0.935. The Morgan fingerprint density at radius 3 is 2.84 bits per heavy atom. The molecule has 0 bridgehead atoms. The molecular weight excluding hydrogens is 256 g/mol. The third kappa shape index (κ3) is 2.91. The summed E-state index contributed by atoms with van der Waals surface area (Å²) in [5.41, 5.74) is 8.08. The molecule has 19 heavy (non-hydrogen) atoms. The molecule has 1 aliphatic heterocycles. The highest BCUT2D eigenvalue weighted by Crippen LogP contribution is 2.31. The third-order valence-corrected chi connectivity index (χ3v) is 4.71. The van der Waals surface area contributed by atoms with Crippen LogP contribution < -0.4 is 5.73 Å². The highest BCUT2D eigenvalue weighted by atomic mass is 32.2. The zero-order valence-corrected chi connectivity index (χ0v) is 11.7. The molecule has 1 fully saturated rings. The van der Waals surface area contributed by atoms with Crippen LogP contribution in [-0.4, -0.2) is 23.4 Å². The Labute approximate surface area is 117 Å². The maximum absolute atomic E-state index is 5.86. The molecule has 1 saturated heterocycles. The van der Waals surface area contributed by atoms with Crippen molar-refractivity contribution in [1.82, 2.24) is 4.98 Å². The van der Waals surface area contributed by atoms with Gasteiger partial charge in [0.15, 0.2) is 0 Å². The molecule has 0 unspecified atom stereocenters. The number of rotatable bonds is 3. The molecule has 100 valence electrons. The van der Waals surface area contributed by atoms with Gasteiger partial charge in [-0.1, -0.05) is 18.2 Å². The lowest BCUT2D eigenvalue weighted by Gasteiger charge is -2.21. The molecule has 0 spiro atoms. The van der Waals surface area contributed by atoms with Gasteiger partial charge in [-0.2, -0.15) is 0 Å². The second kappa shape index (κ2) is 5.90. The van der Waals surface area contributed by atoms with Crippen LogP contribution >= 0.6 is 11.8 Å². The molecule has 1 aromatic carbocycles. The largest absolute Gasteiger partial charge is 0.381 e. The smallest absolute Gasteiger partial charge is 0.0973 e. The van der Waals surface area contributed by atoms with Crippen LogP contribution in [0.5, 0.6) is 0 Å².